The van der Waals surface area contributed by atoms with Crippen LogP contribution in [-0.2, 0) is 16.6 Å². The van der Waals surface area contributed by atoms with Gasteiger partial charge < -0.3 is 5.73 Å². The van der Waals surface area contributed by atoms with Crippen molar-refractivity contribution in [3.05, 3.63) is 15.8 Å². The van der Waals surface area contributed by atoms with Gasteiger partial charge in [0, 0.05) is 18.0 Å². The van der Waals surface area contributed by atoms with Gasteiger partial charge in [-0.1, -0.05) is 13.8 Å². The van der Waals surface area contributed by atoms with Gasteiger partial charge in [0.05, 0.1) is 0 Å². The fraction of sp³-hybridized carbons (Fsp3) is 0.600. The summed E-state index contributed by atoms with van der Waals surface area (Å²) in [6.45, 7) is 6.43. The van der Waals surface area contributed by atoms with Crippen molar-refractivity contribution in [3.63, 3.8) is 0 Å². The fourth-order valence-corrected chi connectivity index (χ4v) is 4.25. The molecule has 0 radical (unpaired) electrons. The van der Waals surface area contributed by atoms with Crippen molar-refractivity contribution in [2.75, 3.05) is 6.54 Å². The Morgan fingerprint density at radius 3 is 2.62 bits per heavy atom. The van der Waals surface area contributed by atoms with Crippen molar-refractivity contribution in [1.29, 1.82) is 0 Å². The van der Waals surface area contributed by atoms with Gasteiger partial charge in [-0.05, 0) is 23.8 Å². The fourth-order valence-electron chi connectivity index (χ4n) is 1.34. The van der Waals surface area contributed by atoms with E-state index in [1.54, 1.807) is 6.92 Å². The highest BCUT2D eigenvalue weighted by Crippen LogP contribution is 2.26. The minimum Gasteiger partial charge on any atom is -0.326 e. The molecule has 16 heavy (non-hydrogen) atoms. The van der Waals surface area contributed by atoms with E-state index >= 15 is 0 Å². The first kappa shape index (κ1) is 13.6. The number of sulfonamides is 1. The van der Waals surface area contributed by atoms with E-state index in [9.17, 15) is 8.42 Å². The third-order valence-electron chi connectivity index (χ3n) is 2.13. The molecule has 0 fully saturated rings. The molecule has 1 heterocycles. The van der Waals surface area contributed by atoms with Crippen LogP contribution in [0.15, 0.2) is 10.3 Å². The van der Waals surface area contributed by atoms with Crippen LogP contribution < -0.4 is 10.5 Å². The van der Waals surface area contributed by atoms with Gasteiger partial charge in [-0.25, -0.2) is 13.1 Å². The molecule has 0 aliphatic rings. The minimum atomic E-state index is -3.41. The normalized spacial score (nSPS) is 12.3. The molecule has 1 aromatic heterocycles. The van der Waals surface area contributed by atoms with Crippen LogP contribution in [0.2, 0.25) is 0 Å². The standard InChI is InChI=1S/C10H18N2O2S2/c1-7(2)5-12-16(13,14)10-8(3)6-15-9(10)4-11/h6-7,12H,4-5,11H2,1-3H3. The Kier molecular flexibility index (Phi) is 4.49. The van der Waals surface area contributed by atoms with Gasteiger partial charge in [-0.3, -0.25) is 0 Å². The van der Waals surface area contributed by atoms with E-state index in [4.69, 9.17) is 5.73 Å². The second-order valence-electron chi connectivity index (χ2n) is 4.12. The number of nitrogens with one attached hydrogen (secondary N) is 1. The lowest BCUT2D eigenvalue weighted by molar-refractivity contribution is 0.559. The molecule has 4 nitrogen and oxygen atoms in total. The number of thiophene rings is 1. The maximum Gasteiger partial charge on any atom is 0.241 e. The summed E-state index contributed by atoms with van der Waals surface area (Å²) in [5, 5.41) is 1.83. The Balaban J connectivity index is 3.02. The molecule has 0 amide bonds. The second-order valence-corrected chi connectivity index (χ2v) is 6.79. The third-order valence-corrected chi connectivity index (χ3v) is 5.03. The molecule has 0 atom stereocenters. The van der Waals surface area contributed by atoms with Gasteiger partial charge in [0.15, 0.2) is 0 Å². The lowest BCUT2D eigenvalue weighted by Crippen LogP contribution is -2.28. The third kappa shape index (κ3) is 3.04. The Morgan fingerprint density at radius 2 is 2.12 bits per heavy atom. The smallest absolute Gasteiger partial charge is 0.241 e. The molecule has 1 aromatic rings. The zero-order valence-corrected chi connectivity index (χ0v) is 11.4. The quantitative estimate of drug-likeness (QED) is 0.843. The number of rotatable bonds is 5. The maximum absolute atomic E-state index is 12.0. The van der Waals surface area contributed by atoms with Gasteiger partial charge in [0.2, 0.25) is 10.0 Å². The van der Waals surface area contributed by atoms with E-state index in [0.717, 1.165) is 5.56 Å². The number of hydrogen-bond acceptors (Lipinski definition) is 4. The lowest BCUT2D eigenvalue weighted by atomic mass is 10.2. The SMILES string of the molecule is Cc1csc(CN)c1S(=O)(=O)NCC(C)C. The average Bonchev–Trinajstić information content (AvgIpc) is 2.57. The molecule has 0 bridgehead atoms. The molecular formula is C10H18N2O2S2. The summed E-state index contributed by atoms with van der Waals surface area (Å²) in [5.74, 6) is 0.287. The highest BCUT2D eigenvalue weighted by atomic mass is 32.2. The average molecular weight is 262 g/mol. The summed E-state index contributed by atoms with van der Waals surface area (Å²) in [4.78, 5) is 1.08. The van der Waals surface area contributed by atoms with Gasteiger partial charge in [0.25, 0.3) is 0 Å². The molecule has 0 aliphatic heterocycles. The van der Waals surface area contributed by atoms with Crippen molar-refractivity contribution in [3.8, 4) is 0 Å². The lowest BCUT2D eigenvalue weighted by Gasteiger charge is -2.10. The highest BCUT2D eigenvalue weighted by Gasteiger charge is 2.22. The summed E-state index contributed by atoms with van der Waals surface area (Å²) in [6, 6.07) is 0. The number of hydrogen-bond donors (Lipinski definition) is 2. The molecule has 0 saturated heterocycles. The topological polar surface area (TPSA) is 72.2 Å². The first-order valence-corrected chi connectivity index (χ1v) is 7.51. The highest BCUT2D eigenvalue weighted by molar-refractivity contribution is 7.89. The van der Waals surface area contributed by atoms with Crippen LogP contribution in [0, 0.1) is 12.8 Å². The molecule has 0 saturated carbocycles. The molecule has 1 rings (SSSR count). The number of aryl methyl sites for hydroxylation is 1. The Hall–Kier alpha value is -0.430. The molecule has 0 unspecified atom stereocenters. The van der Waals surface area contributed by atoms with Crippen molar-refractivity contribution in [2.24, 2.45) is 11.7 Å². The zero-order valence-electron chi connectivity index (χ0n) is 9.78. The second kappa shape index (κ2) is 5.27. The predicted molar refractivity (Wildman–Crippen MR) is 67.0 cm³/mol. The Bertz CT molecular complexity index is 449. The monoisotopic (exact) mass is 262 g/mol. The first-order chi connectivity index (χ1) is 7.38. The van der Waals surface area contributed by atoms with Crippen LogP contribution in [0.25, 0.3) is 0 Å². The Labute approximate surface area is 101 Å². The predicted octanol–water partition coefficient (Wildman–Crippen LogP) is 1.45. The van der Waals surface area contributed by atoms with Crippen LogP contribution in [0.4, 0.5) is 0 Å². The van der Waals surface area contributed by atoms with E-state index in [1.165, 1.54) is 11.3 Å². The molecular weight excluding hydrogens is 244 g/mol. The van der Waals surface area contributed by atoms with E-state index in [0.29, 0.717) is 16.3 Å². The zero-order chi connectivity index (χ0) is 12.3. The van der Waals surface area contributed by atoms with E-state index in [-0.39, 0.29) is 12.5 Å². The van der Waals surface area contributed by atoms with Crippen LogP contribution in [0.5, 0.6) is 0 Å². The van der Waals surface area contributed by atoms with E-state index in [2.05, 4.69) is 4.72 Å². The van der Waals surface area contributed by atoms with Crippen molar-refractivity contribution < 1.29 is 8.42 Å². The van der Waals surface area contributed by atoms with Gasteiger partial charge >= 0.3 is 0 Å². The van der Waals surface area contributed by atoms with E-state index in [1.807, 2.05) is 19.2 Å². The first-order valence-electron chi connectivity index (χ1n) is 5.15. The van der Waals surface area contributed by atoms with Crippen LogP contribution in [0.1, 0.15) is 24.3 Å². The van der Waals surface area contributed by atoms with Gasteiger partial charge in [0.1, 0.15) is 4.90 Å². The summed E-state index contributed by atoms with van der Waals surface area (Å²) < 4.78 is 26.7. The van der Waals surface area contributed by atoms with Crippen LogP contribution in [-0.4, -0.2) is 15.0 Å². The molecule has 0 aromatic carbocycles. The molecule has 92 valence electrons. The van der Waals surface area contributed by atoms with Crippen LogP contribution >= 0.6 is 11.3 Å². The molecule has 0 spiro atoms. The largest absolute Gasteiger partial charge is 0.326 e. The van der Waals surface area contributed by atoms with Gasteiger partial charge in [-0.2, -0.15) is 0 Å². The summed E-state index contributed by atoms with van der Waals surface area (Å²) >= 11 is 1.39. The maximum atomic E-state index is 12.0. The molecule has 3 N–H and O–H groups in total. The molecule has 0 aliphatic carbocycles. The Morgan fingerprint density at radius 1 is 1.50 bits per heavy atom. The number of nitrogens with two attached hydrogens (primary N) is 1. The van der Waals surface area contributed by atoms with Crippen molar-refractivity contribution >= 4 is 21.4 Å². The van der Waals surface area contributed by atoms with E-state index < -0.39 is 10.0 Å². The summed E-state index contributed by atoms with van der Waals surface area (Å²) in [5.41, 5.74) is 6.30. The molecule has 6 heteroatoms. The minimum absolute atomic E-state index is 0.260. The summed E-state index contributed by atoms with van der Waals surface area (Å²) in [6.07, 6.45) is 0. The van der Waals surface area contributed by atoms with Crippen molar-refractivity contribution in [1.82, 2.24) is 4.72 Å². The van der Waals surface area contributed by atoms with Gasteiger partial charge in [-0.15, -0.1) is 11.3 Å². The summed E-state index contributed by atoms with van der Waals surface area (Å²) in [7, 11) is -3.41. The van der Waals surface area contributed by atoms with Crippen molar-refractivity contribution in [2.45, 2.75) is 32.2 Å². The van der Waals surface area contributed by atoms with Crippen LogP contribution in [0.3, 0.4) is 0 Å².